The summed E-state index contributed by atoms with van der Waals surface area (Å²) in [5.74, 6) is -6.96. The van der Waals surface area contributed by atoms with Crippen LogP contribution in [-0.4, -0.2) is 180 Å². The zero-order valence-electron chi connectivity index (χ0n) is 65.2. The van der Waals surface area contributed by atoms with E-state index in [1.54, 1.807) is 67.6 Å². The molecule has 0 saturated carbocycles. The van der Waals surface area contributed by atoms with Crippen molar-refractivity contribution in [3.05, 3.63) is 234 Å². The van der Waals surface area contributed by atoms with Crippen LogP contribution in [0.2, 0.25) is 19.6 Å². The van der Waals surface area contributed by atoms with Crippen LogP contribution in [0.4, 0.5) is 0 Å². The monoisotopic (exact) mass is 1600 g/mol. The van der Waals surface area contributed by atoms with E-state index in [0.29, 0.717) is 35.1 Å². The Balaban J connectivity index is 0.000000183. The van der Waals surface area contributed by atoms with Gasteiger partial charge in [0.25, 0.3) is 0 Å². The number of fused-ring (bicyclic) bond motifs is 2. The Morgan fingerprint density at radius 2 is 0.861 bits per heavy atom. The van der Waals surface area contributed by atoms with Crippen molar-refractivity contribution < 1.29 is 121 Å². The van der Waals surface area contributed by atoms with E-state index in [0.717, 1.165) is 38.2 Å². The van der Waals surface area contributed by atoms with Crippen LogP contribution in [0.25, 0.3) is 11.1 Å². The molecule has 9 amide bonds. The normalized spacial score (nSPS) is 21.1. The van der Waals surface area contributed by atoms with Crippen LogP contribution >= 0.6 is 6.89 Å². The van der Waals surface area contributed by atoms with Gasteiger partial charge in [-0.2, -0.15) is 0 Å². The number of esters is 2. The number of likely N-dealkylation sites (tertiary alicyclic amines) is 4. The van der Waals surface area contributed by atoms with Crippen molar-refractivity contribution in [2.45, 2.75) is 154 Å². The SMILES string of the molecule is C=CCOC(=O)C(N1C(=O)[C@H]([C@@H](C)O[Si](C)(C)C)[C@H]1CC(=O)c1ccc(CN2C(=O)CCC2=O)cc1)=P(c1ccccc1)(c1ccccc1)c1ccccc1.C=CCOC(=O)C1=C(c2ccc(CN3C(=O)CCC3=O)cc2)C[C@@H]2[C@@H]([C@@H](C)O)C(=O)N12.C[C@@H](O)[C@H]1C(=O)N2C(C(=O)[O-])=C(c3ccc(CN4C(=O)CCC4=O)cc3)C[C@H]12.[Na+]. The minimum atomic E-state index is -3.19. The van der Waals surface area contributed by atoms with Crippen LogP contribution in [0, 0.1) is 17.8 Å². The third-order valence-electron chi connectivity index (χ3n) is 21.7. The molecule has 592 valence electrons. The second-order valence-electron chi connectivity index (χ2n) is 30.3. The van der Waals surface area contributed by atoms with Gasteiger partial charge in [-0.3, -0.25) is 62.6 Å². The van der Waals surface area contributed by atoms with Crippen molar-refractivity contribution in [1.82, 2.24) is 29.4 Å². The molecule has 115 heavy (non-hydrogen) atoms. The molecule has 0 spiro atoms. The Hall–Kier alpha value is -10.4. The first-order chi connectivity index (χ1) is 54.5. The summed E-state index contributed by atoms with van der Waals surface area (Å²) in [6, 6.07) is 48.8. The number of Topliss-reactive ketones (excluding diaryl/α,β-unsaturated/α-hetero) is 1. The maximum absolute atomic E-state index is 14.9. The van der Waals surface area contributed by atoms with Crippen molar-refractivity contribution in [3.8, 4) is 0 Å². The van der Waals surface area contributed by atoms with Gasteiger partial charge in [0.1, 0.15) is 24.3 Å². The fourth-order valence-corrected chi connectivity index (χ4v) is 22.1. The molecule has 14 rings (SSSR count). The predicted molar refractivity (Wildman–Crippen MR) is 423 cm³/mol. The number of carbonyl (C=O) groups excluding carboxylic acids is 13. The molecule has 9 atom stereocenters. The van der Waals surface area contributed by atoms with Gasteiger partial charge in [0, 0.05) is 57.4 Å². The minimum absolute atomic E-state index is 0. The quantitative estimate of drug-likeness (QED) is 0.0141. The van der Waals surface area contributed by atoms with Gasteiger partial charge in [0.2, 0.25) is 53.2 Å². The maximum atomic E-state index is 14.9. The molecule has 25 nitrogen and oxygen atoms in total. The fourth-order valence-electron chi connectivity index (χ4n) is 16.5. The van der Waals surface area contributed by atoms with E-state index in [-0.39, 0.29) is 189 Å². The zero-order valence-corrected chi connectivity index (χ0v) is 69.1. The van der Waals surface area contributed by atoms with E-state index >= 15 is 0 Å². The van der Waals surface area contributed by atoms with Crippen LogP contribution in [0.1, 0.15) is 117 Å². The Morgan fingerprint density at radius 1 is 0.504 bits per heavy atom. The molecule has 8 aliphatic rings. The van der Waals surface area contributed by atoms with Crippen LogP contribution in [0.3, 0.4) is 0 Å². The molecule has 0 bridgehead atoms. The molecule has 0 aliphatic carbocycles. The number of benzene rings is 6. The van der Waals surface area contributed by atoms with Gasteiger partial charge in [-0.05, 0) is 108 Å². The second-order valence-corrected chi connectivity index (χ2v) is 38.1. The maximum Gasteiger partial charge on any atom is 1.00 e. The summed E-state index contributed by atoms with van der Waals surface area (Å²) in [4.78, 5) is 173. The third-order valence-corrected chi connectivity index (χ3v) is 27.1. The van der Waals surface area contributed by atoms with E-state index in [1.165, 1.54) is 48.5 Å². The number of nitrogens with zero attached hydrogens (tertiary/aromatic N) is 6. The summed E-state index contributed by atoms with van der Waals surface area (Å²) in [6.45, 7) is 15.7. The molecule has 28 heteroatoms. The van der Waals surface area contributed by atoms with Gasteiger partial charge >= 0.3 is 41.5 Å². The molecule has 8 heterocycles. The molecule has 0 aromatic heterocycles. The zero-order chi connectivity index (χ0) is 81.8. The average Bonchev–Trinajstić information content (AvgIpc) is 1.66. The molecule has 8 aliphatic heterocycles. The van der Waals surface area contributed by atoms with Crippen molar-refractivity contribution in [1.29, 1.82) is 0 Å². The number of amides is 9. The topological polar surface area (TPSA) is 333 Å². The fraction of sp³-hybridized carbons (Fsp3) is 0.333. The number of carboxylic acids is 1. The van der Waals surface area contributed by atoms with E-state index in [9.17, 15) is 77.6 Å². The standard InChI is InChI=1S/C44H47N2O7PSi.C23H24N2O6.C20H20N2O6.Na/c1-6-28-52-44(51)43(54(34-16-10-7-11-17-34,35-18-12-8-13-19-35)36-20-14-9-15-21-36)46-37(41(42(46)50)31(2)53-55(3,4)5)29-38(47)33-24-22-32(23-25-33)30-45-39(48)26-27-40(45)49;1-3-10-31-23(30)21-16(11-17-20(13(2)26)22(29)25(17)21)15-6-4-14(5-7-15)12-24-18(27)8-9-19(24)28;1-10(23)17-14-8-13(18(20(27)28)22(14)19(17)26)12-4-2-11(3-5-12)9-21-15(24)6-7-16(21)25;/h6-25,31,37,41H,1,26-30H2,2-5H3;3-7,13,17,20,26H,1,8-12H2,2H3;2-5,10,14,17,23H,6-9H2,1H3,(H,27,28);/q;;;+1/p-1/t31-,37-,41-;13-,17-,20-;10-,14-,17-;/m111./s1. The van der Waals surface area contributed by atoms with Gasteiger partial charge in [-0.15, -0.1) is 0 Å². The molecule has 6 aromatic rings. The Kier molecular flexibility index (Phi) is 26.9. The van der Waals surface area contributed by atoms with E-state index in [4.69, 9.17) is 13.9 Å². The number of hydrogen-bond donors (Lipinski definition) is 2. The summed E-state index contributed by atoms with van der Waals surface area (Å²) in [7, 11) is -2.15. The number of imide groups is 3. The summed E-state index contributed by atoms with van der Waals surface area (Å²) in [5, 5.41) is 34.0. The molecule has 2 N–H and O–H groups in total. The number of aliphatic hydroxyl groups is 2. The number of aliphatic carboxylic acids is 1. The number of carboxylic acid groups (broad SMARTS) is 1. The number of ketones is 1. The molecule has 0 radical (unpaired) electrons. The van der Waals surface area contributed by atoms with Crippen LogP contribution in [-0.2, 0) is 91.1 Å². The first-order valence-electron chi connectivity index (χ1n) is 38.0. The number of β-lactam (4-membered cyclic amide) rings is 3. The van der Waals surface area contributed by atoms with Gasteiger partial charge in [0.05, 0.1) is 85.5 Å². The van der Waals surface area contributed by atoms with Crippen LogP contribution in [0.15, 0.2) is 200 Å². The van der Waals surface area contributed by atoms with Crippen LogP contribution < -0.4 is 50.6 Å². The molecule has 6 saturated heterocycles. The Bertz CT molecular complexity index is 4840. The van der Waals surface area contributed by atoms with E-state index in [1.807, 2.05) is 110 Å². The molecule has 6 aromatic carbocycles. The minimum Gasteiger partial charge on any atom is -0.543 e. The average molecular weight is 1610 g/mol. The summed E-state index contributed by atoms with van der Waals surface area (Å²) >= 11 is 0. The van der Waals surface area contributed by atoms with Gasteiger partial charge in [-0.25, -0.2) is 9.59 Å². The molecule has 6 fully saturated rings. The Morgan fingerprint density at radius 3 is 1.22 bits per heavy atom. The number of ether oxygens (including phenoxy) is 2. The summed E-state index contributed by atoms with van der Waals surface area (Å²) in [6.07, 6.45) is 2.79. The largest absolute Gasteiger partial charge is 1.00 e. The second kappa shape index (κ2) is 36.2. The summed E-state index contributed by atoms with van der Waals surface area (Å²) in [5.41, 5.74) is 5.46. The van der Waals surface area contributed by atoms with Gasteiger partial charge < -0.3 is 48.7 Å². The number of hydrogen-bond acceptors (Lipinski definition) is 19. The number of rotatable bonds is 27. The van der Waals surface area contributed by atoms with Gasteiger partial charge in [-0.1, -0.05) is 189 Å². The molecular weight excluding hydrogens is 1520 g/mol. The van der Waals surface area contributed by atoms with Crippen molar-refractivity contribution in [3.63, 3.8) is 0 Å². The molecule has 0 unspecified atom stereocenters. The van der Waals surface area contributed by atoms with E-state index < -0.39 is 81.1 Å². The Labute approximate surface area is 689 Å². The van der Waals surface area contributed by atoms with E-state index in [2.05, 4.69) is 32.8 Å². The van der Waals surface area contributed by atoms with Crippen molar-refractivity contribution in [2.24, 2.45) is 17.8 Å². The van der Waals surface area contributed by atoms with Crippen LogP contribution in [0.5, 0.6) is 0 Å². The predicted octanol–water partition coefficient (Wildman–Crippen LogP) is 3.63. The third kappa shape index (κ3) is 17.4. The first-order valence-corrected chi connectivity index (χ1v) is 43.2. The van der Waals surface area contributed by atoms with Crippen molar-refractivity contribution >= 4 is 125 Å². The van der Waals surface area contributed by atoms with Gasteiger partial charge in [0.15, 0.2) is 14.1 Å². The first kappa shape index (κ1) is 85.5. The van der Waals surface area contributed by atoms with Crippen molar-refractivity contribution in [2.75, 3.05) is 13.2 Å². The number of carbonyl (C=O) groups is 13. The molecular formula is C87H90N6NaO19PSi. The number of aliphatic hydroxyl groups excluding tert-OH is 2. The summed E-state index contributed by atoms with van der Waals surface area (Å²) < 4.78 is 17.6. The smallest absolute Gasteiger partial charge is 0.543 e.